The molecule has 72 valence electrons. The van der Waals surface area contributed by atoms with E-state index in [9.17, 15) is 0 Å². The van der Waals surface area contributed by atoms with Crippen molar-refractivity contribution in [3.8, 4) is 0 Å². The Morgan fingerprint density at radius 2 is 2.38 bits per heavy atom. The summed E-state index contributed by atoms with van der Waals surface area (Å²) >= 11 is 0. The van der Waals surface area contributed by atoms with E-state index >= 15 is 0 Å². The topological polar surface area (TPSA) is 47.1 Å². The maximum absolute atomic E-state index is 5.49. The average molecular weight is 180 g/mol. The number of nitrogens with zero attached hydrogens (tertiary/aromatic N) is 3. The van der Waals surface area contributed by atoms with Gasteiger partial charge in [0, 0.05) is 32.5 Å². The molecule has 1 saturated heterocycles. The Balaban J connectivity index is 1.90. The summed E-state index contributed by atoms with van der Waals surface area (Å²) in [6.07, 6.45) is 4.96. The first kappa shape index (κ1) is 8.56. The number of nitrogens with two attached hydrogens (primary N) is 1. The quantitative estimate of drug-likeness (QED) is 0.723. The van der Waals surface area contributed by atoms with E-state index in [1.807, 2.05) is 19.4 Å². The molecule has 1 aromatic heterocycles. The first-order valence-corrected chi connectivity index (χ1v) is 4.73. The molecule has 0 spiro atoms. The number of aromatic nitrogens is 2. The molecule has 0 amide bonds. The van der Waals surface area contributed by atoms with Crippen molar-refractivity contribution in [2.24, 2.45) is 18.7 Å². The molecule has 4 heteroatoms. The molecule has 0 unspecified atom stereocenters. The molecule has 0 saturated carbocycles. The number of imidazole rings is 1. The fraction of sp³-hybridized carbons (Fsp3) is 0.667. The second kappa shape index (κ2) is 3.38. The van der Waals surface area contributed by atoms with Crippen LogP contribution in [0.2, 0.25) is 0 Å². The van der Waals surface area contributed by atoms with Crippen LogP contribution in [0.4, 0.5) is 5.95 Å². The zero-order valence-corrected chi connectivity index (χ0v) is 7.98. The lowest BCUT2D eigenvalue weighted by molar-refractivity contribution is 0.381. The van der Waals surface area contributed by atoms with Crippen molar-refractivity contribution >= 4 is 5.95 Å². The van der Waals surface area contributed by atoms with Crippen molar-refractivity contribution in [2.75, 3.05) is 24.5 Å². The largest absolute Gasteiger partial charge is 0.342 e. The molecule has 1 fully saturated rings. The van der Waals surface area contributed by atoms with Crippen LogP contribution >= 0.6 is 0 Å². The van der Waals surface area contributed by atoms with E-state index < -0.39 is 0 Å². The van der Waals surface area contributed by atoms with E-state index in [4.69, 9.17) is 5.73 Å². The molecular weight excluding hydrogens is 164 g/mol. The maximum atomic E-state index is 5.49. The Bertz CT molecular complexity index is 275. The Morgan fingerprint density at radius 3 is 2.92 bits per heavy atom. The highest BCUT2D eigenvalue weighted by Crippen LogP contribution is 2.23. The lowest BCUT2D eigenvalue weighted by Crippen LogP contribution is -2.48. The third kappa shape index (κ3) is 1.54. The Morgan fingerprint density at radius 1 is 1.62 bits per heavy atom. The smallest absolute Gasteiger partial charge is 0.205 e. The average Bonchev–Trinajstić information content (AvgIpc) is 2.43. The third-order valence-corrected chi connectivity index (χ3v) is 2.61. The van der Waals surface area contributed by atoms with E-state index in [1.165, 1.54) is 0 Å². The summed E-state index contributed by atoms with van der Waals surface area (Å²) in [6.45, 7) is 3.03. The van der Waals surface area contributed by atoms with Gasteiger partial charge in [0.25, 0.3) is 0 Å². The number of anilines is 1. The van der Waals surface area contributed by atoms with Gasteiger partial charge in [0.1, 0.15) is 0 Å². The standard InChI is InChI=1S/C9H16N4/c1-12-5-4-11-9(12)13-6-8(7-13)2-3-10/h4-5,8H,2-3,6-7,10H2,1H3. The third-order valence-electron chi connectivity index (χ3n) is 2.61. The number of hydrogen-bond donors (Lipinski definition) is 1. The van der Waals surface area contributed by atoms with Crippen LogP contribution in [-0.4, -0.2) is 29.2 Å². The second-order valence-electron chi connectivity index (χ2n) is 3.69. The molecule has 2 N–H and O–H groups in total. The summed E-state index contributed by atoms with van der Waals surface area (Å²) in [5.74, 6) is 1.86. The van der Waals surface area contributed by atoms with Gasteiger partial charge < -0.3 is 15.2 Å². The first-order valence-electron chi connectivity index (χ1n) is 4.73. The van der Waals surface area contributed by atoms with Crippen molar-refractivity contribution in [3.63, 3.8) is 0 Å². The lowest BCUT2D eigenvalue weighted by atomic mass is 9.97. The normalized spacial score (nSPS) is 17.5. The summed E-state index contributed by atoms with van der Waals surface area (Å²) in [5.41, 5.74) is 5.49. The minimum Gasteiger partial charge on any atom is -0.342 e. The molecule has 2 heterocycles. The van der Waals surface area contributed by atoms with Gasteiger partial charge in [-0.05, 0) is 18.9 Å². The number of rotatable bonds is 3. The van der Waals surface area contributed by atoms with E-state index in [1.54, 1.807) is 0 Å². The van der Waals surface area contributed by atoms with Gasteiger partial charge in [0.15, 0.2) is 0 Å². The van der Waals surface area contributed by atoms with Gasteiger partial charge in [-0.15, -0.1) is 0 Å². The maximum Gasteiger partial charge on any atom is 0.205 e. The molecule has 0 bridgehead atoms. The molecule has 13 heavy (non-hydrogen) atoms. The van der Waals surface area contributed by atoms with Crippen LogP contribution in [0, 0.1) is 5.92 Å². The SMILES string of the molecule is Cn1ccnc1N1CC(CCN)C1. The summed E-state index contributed by atoms with van der Waals surface area (Å²) in [7, 11) is 2.03. The second-order valence-corrected chi connectivity index (χ2v) is 3.69. The molecule has 0 aromatic carbocycles. The van der Waals surface area contributed by atoms with Crippen LogP contribution in [0.5, 0.6) is 0 Å². The van der Waals surface area contributed by atoms with E-state index in [0.717, 1.165) is 37.9 Å². The highest BCUT2D eigenvalue weighted by Gasteiger charge is 2.27. The molecule has 0 aliphatic carbocycles. The number of hydrogen-bond acceptors (Lipinski definition) is 3. The van der Waals surface area contributed by atoms with Crippen LogP contribution in [0.25, 0.3) is 0 Å². The molecule has 0 atom stereocenters. The Hall–Kier alpha value is -1.03. The molecular formula is C9H16N4. The molecule has 1 aromatic rings. The summed E-state index contributed by atoms with van der Waals surface area (Å²) in [4.78, 5) is 6.58. The van der Waals surface area contributed by atoms with Crippen LogP contribution in [0.15, 0.2) is 12.4 Å². The van der Waals surface area contributed by atoms with Crippen molar-refractivity contribution in [2.45, 2.75) is 6.42 Å². The lowest BCUT2D eigenvalue weighted by Gasteiger charge is -2.39. The van der Waals surface area contributed by atoms with Gasteiger partial charge in [-0.1, -0.05) is 0 Å². The molecule has 1 aliphatic heterocycles. The fourth-order valence-corrected chi connectivity index (χ4v) is 1.81. The minimum atomic E-state index is 0.779. The highest BCUT2D eigenvalue weighted by atomic mass is 15.3. The van der Waals surface area contributed by atoms with Crippen LogP contribution in [0.3, 0.4) is 0 Å². The summed E-state index contributed by atoms with van der Waals surface area (Å²) < 4.78 is 2.05. The van der Waals surface area contributed by atoms with Crippen molar-refractivity contribution in [3.05, 3.63) is 12.4 Å². The Kier molecular flexibility index (Phi) is 2.22. The van der Waals surface area contributed by atoms with E-state index in [2.05, 4.69) is 14.5 Å². The van der Waals surface area contributed by atoms with Crippen molar-refractivity contribution < 1.29 is 0 Å². The predicted molar refractivity (Wildman–Crippen MR) is 52.6 cm³/mol. The predicted octanol–water partition coefficient (Wildman–Crippen LogP) is 0.205. The molecule has 0 radical (unpaired) electrons. The highest BCUT2D eigenvalue weighted by molar-refractivity contribution is 5.34. The molecule has 1 aliphatic rings. The zero-order valence-electron chi connectivity index (χ0n) is 7.98. The van der Waals surface area contributed by atoms with Gasteiger partial charge in [0.2, 0.25) is 5.95 Å². The zero-order chi connectivity index (χ0) is 9.26. The first-order chi connectivity index (χ1) is 6.31. The van der Waals surface area contributed by atoms with Gasteiger partial charge >= 0.3 is 0 Å². The van der Waals surface area contributed by atoms with Crippen LogP contribution in [0.1, 0.15) is 6.42 Å². The monoisotopic (exact) mass is 180 g/mol. The Labute approximate surface area is 78.4 Å². The van der Waals surface area contributed by atoms with Crippen molar-refractivity contribution in [1.82, 2.24) is 9.55 Å². The van der Waals surface area contributed by atoms with Crippen LogP contribution < -0.4 is 10.6 Å². The van der Waals surface area contributed by atoms with Gasteiger partial charge in [-0.3, -0.25) is 0 Å². The van der Waals surface area contributed by atoms with Crippen molar-refractivity contribution in [1.29, 1.82) is 0 Å². The summed E-state index contributed by atoms with van der Waals surface area (Å²) in [5, 5.41) is 0. The fourth-order valence-electron chi connectivity index (χ4n) is 1.81. The van der Waals surface area contributed by atoms with Gasteiger partial charge in [-0.2, -0.15) is 0 Å². The van der Waals surface area contributed by atoms with E-state index in [-0.39, 0.29) is 0 Å². The molecule has 4 nitrogen and oxygen atoms in total. The minimum absolute atomic E-state index is 0.779. The van der Waals surface area contributed by atoms with Gasteiger partial charge in [0.05, 0.1) is 0 Å². The summed E-state index contributed by atoms with van der Waals surface area (Å²) in [6, 6.07) is 0. The van der Waals surface area contributed by atoms with Gasteiger partial charge in [-0.25, -0.2) is 4.98 Å². The molecule has 2 rings (SSSR count). The van der Waals surface area contributed by atoms with E-state index in [0.29, 0.717) is 0 Å². The number of aryl methyl sites for hydroxylation is 1. The van der Waals surface area contributed by atoms with Crippen LogP contribution in [-0.2, 0) is 7.05 Å².